The summed E-state index contributed by atoms with van der Waals surface area (Å²) in [5, 5.41) is 4.17. The number of sulfone groups is 1. The van der Waals surface area contributed by atoms with Gasteiger partial charge in [-0.25, -0.2) is 8.42 Å². The van der Waals surface area contributed by atoms with Gasteiger partial charge in [0.25, 0.3) is 0 Å². The molecule has 0 fully saturated rings. The van der Waals surface area contributed by atoms with Crippen LogP contribution in [0.1, 0.15) is 37.8 Å². The van der Waals surface area contributed by atoms with Gasteiger partial charge >= 0.3 is 0 Å². The van der Waals surface area contributed by atoms with Crippen molar-refractivity contribution in [1.29, 1.82) is 0 Å². The molecule has 0 heterocycles. The van der Waals surface area contributed by atoms with Crippen LogP contribution in [0.2, 0.25) is 5.02 Å². The standard InChI is InChI=1S/C14H22ClNO2S/c1-3-10-16-14(9-6-11-19(2,17)18)12-7-4-5-8-13(12)15/h4-5,7-8,14,16H,3,6,9-11H2,1-2H3. The number of nitrogens with one attached hydrogen (secondary N) is 1. The molecule has 1 N–H and O–H groups in total. The molecule has 3 nitrogen and oxygen atoms in total. The summed E-state index contributed by atoms with van der Waals surface area (Å²) in [6.07, 6.45) is 3.73. The van der Waals surface area contributed by atoms with Gasteiger partial charge in [0.1, 0.15) is 9.84 Å². The molecule has 1 aromatic carbocycles. The first-order valence-corrected chi connectivity index (χ1v) is 9.03. The molecule has 0 aliphatic rings. The largest absolute Gasteiger partial charge is 0.310 e. The average Bonchev–Trinajstić information content (AvgIpc) is 2.33. The quantitative estimate of drug-likeness (QED) is 0.802. The zero-order valence-corrected chi connectivity index (χ0v) is 13.1. The molecule has 0 bridgehead atoms. The highest BCUT2D eigenvalue weighted by Crippen LogP contribution is 2.26. The summed E-state index contributed by atoms with van der Waals surface area (Å²) < 4.78 is 22.4. The number of benzene rings is 1. The second-order valence-electron chi connectivity index (χ2n) is 4.80. The van der Waals surface area contributed by atoms with Gasteiger partial charge in [0.2, 0.25) is 0 Å². The number of rotatable bonds is 8. The number of halogens is 1. The lowest BCUT2D eigenvalue weighted by Crippen LogP contribution is -2.23. The smallest absolute Gasteiger partial charge is 0.147 e. The van der Waals surface area contributed by atoms with Crippen LogP contribution in [0, 0.1) is 0 Å². The maximum absolute atomic E-state index is 11.2. The minimum atomic E-state index is -2.89. The first-order valence-electron chi connectivity index (χ1n) is 6.59. The lowest BCUT2D eigenvalue weighted by atomic mass is 10.0. The molecule has 0 aliphatic carbocycles. The fourth-order valence-corrected chi connectivity index (χ4v) is 2.95. The van der Waals surface area contributed by atoms with Crippen molar-refractivity contribution in [3.05, 3.63) is 34.9 Å². The Hall–Kier alpha value is -0.580. The predicted octanol–water partition coefficient (Wildman–Crippen LogP) is 3.21. The summed E-state index contributed by atoms with van der Waals surface area (Å²) >= 11 is 6.21. The maximum Gasteiger partial charge on any atom is 0.147 e. The second-order valence-corrected chi connectivity index (χ2v) is 7.47. The molecule has 0 aliphatic heterocycles. The van der Waals surface area contributed by atoms with Crippen LogP contribution in [0.15, 0.2) is 24.3 Å². The van der Waals surface area contributed by atoms with E-state index in [-0.39, 0.29) is 11.8 Å². The van der Waals surface area contributed by atoms with Crippen LogP contribution in [-0.4, -0.2) is 27.0 Å². The minimum absolute atomic E-state index is 0.121. The lowest BCUT2D eigenvalue weighted by Gasteiger charge is -2.20. The third-order valence-corrected chi connectivity index (χ3v) is 4.30. The molecule has 5 heteroatoms. The van der Waals surface area contributed by atoms with Crippen LogP contribution >= 0.6 is 11.6 Å². The normalized spacial score (nSPS) is 13.4. The van der Waals surface area contributed by atoms with Crippen molar-refractivity contribution in [3.8, 4) is 0 Å². The zero-order valence-electron chi connectivity index (χ0n) is 11.5. The Morgan fingerprint density at radius 3 is 2.58 bits per heavy atom. The van der Waals surface area contributed by atoms with Gasteiger partial charge in [-0.2, -0.15) is 0 Å². The van der Waals surface area contributed by atoms with Gasteiger partial charge in [-0.15, -0.1) is 0 Å². The van der Waals surface area contributed by atoms with E-state index in [1.165, 1.54) is 6.26 Å². The van der Waals surface area contributed by atoms with Gasteiger partial charge in [-0.3, -0.25) is 0 Å². The van der Waals surface area contributed by atoms with E-state index in [0.29, 0.717) is 6.42 Å². The highest BCUT2D eigenvalue weighted by molar-refractivity contribution is 7.90. The van der Waals surface area contributed by atoms with Crippen molar-refractivity contribution < 1.29 is 8.42 Å². The molecule has 1 rings (SSSR count). The van der Waals surface area contributed by atoms with Crippen molar-refractivity contribution in [1.82, 2.24) is 5.32 Å². The van der Waals surface area contributed by atoms with Crippen LogP contribution in [0.4, 0.5) is 0 Å². The monoisotopic (exact) mass is 303 g/mol. The van der Waals surface area contributed by atoms with Gasteiger partial charge in [0.05, 0.1) is 0 Å². The van der Waals surface area contributed by atoms with E-state index in [1.807, 2.05) is 24.3 Å². The summed E-state index contributed by atoms with van der Waals surface area (Å²) in [6, 6.07) is 7.84. The molecular formula is C14H22ClNO2S. The second kappa shape index (κ2) is 7.88. The Kier molecular flexibility index (Phi) is 6.83. The Morgan fingerprint density at radius 2 is 2.00 bits per heavy atom. The SMILES string of the molecule is CCCNC(CCCS(C)(=O)=O)c1ccccc1Cl. The fourth-order valence-electron chi connectivity index (χ4n) is 1.99. The first kappa shape index (κ1) is 16.5. The highest BCUT2D eigenvalue weighted by Gasteiger charge is 2.14. The van der Waals surface area contributed by atoms with E-state index < -0.39 is 9.84 Å². The van der Waals surface area contributed by atoms with Crippen molar-refractivity contribution in [3.63, 3.8) is 0 Å². The van der Waals surface area contributed by atoms with Crippen LogP contribution in [0.5, 0.6) is 0 Å². The molecule has 1 unspecified atom stereocenters. The topological polar surface area (TPSA) is 46.2 Å². The molecule has 0 amide bonds. The van der Waals surface area contributed by atoms with Crippen LogP contribution in [0.25, 0.3) is 0 Å². The number of hydrogen-bond donors (Lipinski definition) is 1. The third kappa shape index (κ3) is 6.41. The highest BCUT2D eigenvalue weighted by atomic mass is 35.5. The molecule has 0 saturated carbocycles. The minimum Gasteiger partial charge on any atom is -0.310 e. The average molecular weight is 304 g/mol. The van der Waals surface area contributed by atoms with Crippen molar-refractivity contribution in [2.24, 2.45) is 0 Å². The molecular weight excluding hydrogens is 282 g/mol. The van der Waals surface area contributed by atoms with Gasteiger partial charge in [-0.05, 0) is 37.4 Å². The van der Waals surface area contributed by atoms with Crippen molar-refractivity contribution >= 4 is 21.4 Å². The number of hydrogen-bond acceptors (Lipinski definition) is 3. The Labute approximate surface area is 121 Å². The first-order chi connectivity index (χ1) is 8.94. The van der Waals surface area contributed by atoms with Crippen LogP contribution in [-0.2, 0) is 9.84 Å². The van der Waals surface area contributed by atoms with E-state index in [2.05, 4.69) is 12.2 Å². The molecule has 108 valence electrons. The van der Waals surface area contributed by atoms with Gasteiger partial charge in [0.15, 0.2) is 0 Å². The fraction of sp³-hybridized carbons (Fsp3) is 0.571. The summed E-state index contributed by atoms with van der Waals surface area (Å²) in [6.45, 7) is 3.00. The van der Waals surface area contributed by atoms with Crippen molar-refractivity contribution in [2.75, 3.05) is 18.6 Å². The summed E-state index contributed by atoms with van der Waals surface area (Å²) in [5.41, 5.74) is 1.05. The molecule has 1 aromatic rings. The summed E-state index contributed by atoms with van der Waals surface area (Å²) in [4.78, 5) is 0. The van der Waals surface area contributed by atoms with Crippen molar-refractivity contribution in [2.45, 2.75) is 32.2 Å². The van der Waals surface area contributed by atoms with E-state index in [4.69, 9.17) is 11.6 Å². The third-order valence-electron chi connectivity index (χ3n) is 2.93. The predicted molar refractivity (Wildman–Crippen MR) is 81.4 cm³/mol. The van der Waals surface area contributed by atoms with Gasteiger partial charge in [-0.1, -0.05) is 36.7 Å². The summed E-state index contributed by atoms with van der Waals surface area (Å²) in [7, 11) is -2.89. The van der Waals surface area contributed by atoms with E-state index >= 15 is 0 Å². The summed E-state index contributed by atoms with van der Waals surface area (Å²) in [5.74, 6) is 0.224. The van der Waals surface area contributed by atoms with E-state index in [0.717, 1.165) is 30.0 Å². The zero-order chi connectivity index (χ0) is 14.3. The van der Waals surface area contributed by atoms with E-state index in [9.17, 15) is 8.42 Å². The molecule has 0 aromatic heterocycles. The Morgan fingerprint density at radius 1 is 1.32 bits per heavy atom. The molecule has 0 saturated heterocycles. The molecule has 19 heavy (non-hydrogen) atoms. The Balaban J connectivity index is 2.69. The maximum atomic E-state index is 11.2. The van der Waals surface area contributed by atoms with Gasteiger partial charge in [0, 0.05) is 23.1 Å². The molecule has 1 atom stereocenters. The Bertz CT molecular complexity index is 488. The lowest BCUT2D eigenvalue weighted by molar-refractivity contribution is 0.492. The van der Waals surface area contributed by atoms with Crippen LogP contribution in [0.3, 0.4) is 0 Å². The molecule has 0 spiro atoms. The van der Waals surface area contributed by atoms with Gasteiger partial charge < -0.3 is 5.32 Å². The molecule has 0 radical (unpaired) electrons. The van der Waals surface area contributed by atoms with E-state index in [1.54, 1.807) is 0 Å². The van der Waals surface area contributed by atoms with Crippen LogP contribution < -0.4 is 5.32 Å².